The largest absolute Gasteiger partial charge is 0.496 e. The van der Waals surface area contributed by atoms with Crippen LogP contribution in [-0.2, 0) is 6.54 Å². The van der Waals surface area contributed by atoms with E-state index in [1.165, 1.54) is 51.0 Å². The summed E-state index contributed by atoms with van der Waals surface area (Å²) in [6.45, 7) is 6.42. The molecule has 2 aliphatic carbocycles. The SMILES string of the molecule is COc1ccc(Br)cc1C[NH+]1CC[NH+]([C@@H]2C[C@H]3CC[C@@H]2C3)CC1. The van der Waals surface area contributed by atoms with Gasteiger partial charge in [-0.05, 0) is 43.4 Å². The summed E-state index contributed by atoms with van der Waals surface area (Å²) in [6, 6.07) is 7.36. The Balaban J connectivity index is 1.34. The first-order chi connectivity index (χ1) is 11.2. The third-order valence-corrected chi connectivity index (χ3v) is 7.04. The highest BCUT2D eigenvalue weighted by molar-refractivity contribution is 9.10. The van der Waals surface area contributed by atoms with Gasteiger partial charge in [0.05, 0.1) is 13.2 Å². The Morgan fingerprint density at radius 2 is 1.96 bits per heavy atom. The van der Waals surface area contributed by atoms with Gasteiger partial charge in [0.1, 0.15) is 38.5 Å². The van der Waals surface area contributed by atoms with Crippen molar-refractivity contribution in [2.45, 2.75) is 38.3 Å². The van der Waals surface area contributed by atoms with Gasteiger partial charge < -0.3 is 14.5 Å². The maximum Gasteiger partial charge on any atom is 0.127 e. The van der Waals surface area contributed by atoms with Gasteiger partial charge in [-0.25, -0.2) is 0 Å². The number of benzene rings is 1. The molecule has 0 spiro atoms. The smallest absolute Gasteiger partial charge is 0.127 e. The number of nitrogens with one attached hydrogen (secondary N) is 2. The number of rotatable bonds is 4. The minimum atomic E-state index is 0.996. The molecule has 23 heavy (non-hydrogen) atoms. The zero-order chi connectivity index (χ0) is 15.8. The minimum absolute atomic E-state index is 0.996. The molecular formula is C19H29BrN2O+2. The summed E-state index contributed by atoms with van der Waals surface area (Å²) < 4.78 is 6.69. The molecule has 2 saturated carbocycles. The average molecular weight is 381 g/mol. The summed E-state index contributed by atoms with van der Waals surface area (Å²) in [7, 11) is 1.78. The van der Waals surface area contributed by atoms with Crippen LogP contribution < -0.4 is 14.5 Å². The number of halogens is 1. The molecule has 1 heterocycles. The van der Waals surface area contributed by atoms with Crippen LogP contribution >= 0.6 is 15.9 Å². The van der Waals surface area contributed by atoms with Crippen molar-refractivity contribution in [1.29, 1.82) is 0 Å². The van der Waals surface area contributed by atoms with Crippen LogP contribution in [0.3, 0.4) is 0 Å². The molecule has 2 N–H and O–H groups in total. The van der Waals surface area contributed by atoms with Crippen LogP contribution in [0.4, 0.5) is 0 Å². The van der Waals surface area contributed by atoms with Crippen molar-refractivity contribution in [3.63, 3.8) is 0 Å². The van der Waals surface area contributed by atoms with E-state index in [1.54, 1.807) is 18.4 Å². The summed E-state index contributed by atoms with van der Waals surface area (Å²) in [5, 5.41) is 0. The molecule has 0 unspecified atom stereocenters. The molecule has 1 aromatic rings. The second-order valence-electron chi connectivity index (χ2n) is 7.82. The lowest BCUT2D eigenvalue weighted by Gasteiger charge is -2.36. The van der Waals surface area contributed by atoms with Gasteiger partial charge in [0.15, 0.2) is 0 Å². The summed E-state index contributed by atoms with van der Waals surface area (Å²) in [4.78, 5) is 3.63. The van der Waals surface area contributed by atoms with Crippen LogP contribution in [0, 0.1) is 11.8 Å². The Morgan fingerprint density at radius 1 is 1.13 bits per heavy atom. The van der Waals surface area contributed by atoms with Crippen LogP contribution in [0.1, 0.15) is 31.2 Å². The van der Waals surface area contributed by atoms with E-state index < -0.39 is 0 Å². The van der Waals surface area contributed by atoms with Crippen LogP contribution in [0.25, 0.3) is 0 Å². The first kappa shape index (κ1) is 15.9. The van der Waals surface area contributed by atoms with Gasteiger partial charge in [-0.3, -0.25) is 0 Å². The van der Waals surface area contributed by atoms with Gasteiger partial charge in [-0.1, -0.05) is 15.9 Å². The van der Waals surface area contributed by atoms with Gasteiger partial charge in [-0.15, -0.1) is 0 Å². The standard InChI is InChI=1S/C19H27BrN2O/c1-23-19-5-4-17(20)12-16(19)13-21-6-8-22(9-7-21)18-11-14-2-3-15(18)10-14/h4-5,12,14-15,18H,2-3,6-11,13H2,1H3/p+2/t14-,15+,18+/m0/s1. The molecule has 0 radical (unpaired) electrons. The summed E-state index contributed by atoms with van der Waals surface area (Å²) in [5.74, 6) is 3.17. The normalized spacial score (nSPS) is 36.3. The van der Waals surface area contributed by atoms with E-state index in [9.17, 15) is 0 Å². The second-order valence-corrected chi connectivity index (χ2v) is 8.74. The quantitative estimate of drug-likeness (QED) is 0.794. The molecule has 3 atom stereocenters. The van der Waals surface area contributed by atoms with Crippen molar-refractivity contribution in [3.8, 4) is 5.75 Å². The Labute approximate surface area is 148 Å². The first-order valence-electron chi connectivity index (χ1n) is 9.23. The van der Waals surface area contributed by atoms with Crippen LogP contribution in [0.2, 0.25) is 0 Å². The minimum Gasteiger partial charge on any atom is -0.496 e. The van der Waals surface area contributed by atoms with Gasteiger partial charge >= 0.3 is 0 Å². The topological polar surface area (TPSA) is 18.1 Å². The van der Waals surface area contributed by atoms with Crippen molar-refractivity contribution in [2.75, 3.05) is 33.3 Å². The maximum absolute atomic E-state index is 5.54. The van der Waals surface area contributed by atoms with E-state index >= 15 is 0 Å². The molecule has 3 nitrogen and oxygen atoms in total. The molecule has 1 aliphatic heterocycles. The van der Waals surface area contributed by atoms with E-state index in [0.29, 0.717) is 0 Å². The molecule has 3 aliphatic rings. The van der Waals surface area contributed by atoms with Crippen molar-refractivity contribution in [2.24, 2.45) is 11.8 Å². The Hall–Kier alpha value is -0.580. The van der Waals surface area contributed by atoms with Gasteiger partial charge in [0, 0.05) is 22.4 Å². The fourth-order valence-corrected chi connectivity index (χ4v) is 5.78. The number of hydrogen-bond acceptors (Lipinski definition) is 1. The first-order valence-corrected chi connectivity index (χ1v) is 10.0. The van der Waals surface area contributed by atoms with E-state index in [0.717, 1.165) is 34.6 Å². The number of hydrogen-bond donors (Lipinski definition) is 2. The number of quaternary nitrogens is 2. The van der Waals surface area contributed by atoms with Gasteiger partial charge in [0.2, 0.25) is 0 Å². The van der Waals surface area contributed by atoms with E-state index in [1.807, 2.05) is 4.90 Å². The lowest BCUT2D eigenvalue weighted by molar-refractivity contribution is -1.03. The Morgan fingerprint density at radius 3 is 2.61 bits per heavy atom. The van der Waals surface area contributed by atoms with Crippen molar-refractivity contribution in [3.05, 3.63) is 28.2 Å². The zero-order valence-electron chi connectivity index (χ0n) is 14.1. The lowest BCUT2D eigenvalue weighted by Crippen LogP contribution is -3.29. The predicted octanol–water partition coefficient (Wildman–Crippen LogP) is 0.930. The molecule has 126 valence electrons. The van der Waals surface area contributed by atoms with Gasteiger partial charge in [-0.2, -0.15) is 0 Å². The van der Waals surface area contributed by atoms with Crippen LogP contribution in [-0.4, -0.2) is 39.3 Å². The molecule has 4 rings (SSSR count). The highest BCUT2D eigenvalue weighted by Crippen LogP contribution is 2.43. The molecule has 4 heteroatoms. The predicted molar refractivity (Wildman–Crippen MR) is 95.0 cm³/mol. The molecule has 1 saturated heterocycles. The lowest BCUT2D eigenvalue weighted by atomic mass is 9.93. The molecule has 0 aromatic heterocycles. The van der Waals surface area contributed by atoms with Crippen LogP contribution in [0.15, 0.2) is 22.7 Å². The monoisotopic (exact) mass is 380 g/mol. The van der Waals surface area contributed by atoms with Crippen molar-refractivity contribution < 1.29 is 14.5 Å². The fourth-order valence-electron chi connectivity index (χ4n) is 5.37. The van der Waals surface area contributed by atoms with Gasteiger partial charge in [0.25, 0.3) is 0 Å². The Kier molecular flexibility index (Phi) is 4.66. The number of piperazine rings is 1. The summed E-state index contributed by atoms with van der Waals surface area (Å²) >= 11 is 3.59. The highest BCUT2D eigenvalue weighted by atomic mass is 79.9. The Bertz CT molecular complexity index is 556. The molecule has 1 aromatic carbocycles. The molecule has 3 fully saturated rings. The third kappa shape index (κ3) is 3.31. The van der Waals surface area contributed by atoms with E-state index in [2.05, 4.69) is 34.1 Å². The second kappa shape index (κ2) is 6.73. The third-order valence-electron chi connectivity index (χ3n) is 6.54. The number of ether oxygens (including phenoxy) is 1. The summed E-state index contributed by atoms with van der Waals surface area (Å²) in [6.07, 6.45) is 6.11. The number of methoxy groups -OCH3 is 1. The number of fused-ring (bicyclic) bond motifs is 2. The zero-order valence-corrected chi connectivity index (χ0v) is 15.7. The fraction of sp³-hybridized carbons (Fsp3) is 0.684. The van der Waals surface area contributed by atoms with E-state index in [4.69, 9.17) is 4.74 Å². The van der Waals surface area contributed by atoms with Crippen LogP contribution in [0.5, 0.6) is 5.75 Å². The van der Waals surface area contributed by atoms with Crippen molar-refractivity contribution >= 4 is 15.9 Å². The molecule has 0 amide bonds. The van der Waals surface area contributed by atoms with Crippen molar-refractivity contribution in [1.82, 2.24) is 0 Å². The summed E-state index contributed by atoms with van der Waals surface area (Å²) in [5.41, 5.74) is 1.33. The highest BCUT2D eigenvalue weighted by Gasteiger charge is 2.46. The maximum atomic E-state index is 5.54. The molecule has 2 bridgehead atoms. The van der Waals surface area contributed by atoms with E-state index in [-0.39, 0.29) is 0 Å². The molecular weight excluding hydrogens is 352 g/mol. The average Bonchev–Trinajstić information content (AvgIpc) is 3.19.